The number of piperidine rings is 1. The second-order valence-electron chi connectivity index (χ2n) is 10.4. The van der Waals surface area contributed by atoms with Crippen LogP contribution in [0.3, 0.4) is 0 Å². The Morgan fingerprint density at radius 2 is 1.73 bits per heavy atom. The first-order valence-electron chi connectivity index (χ1n) is 13.5. The maximum Gasteiger partial charge on any atom is 0.416 e. The zero-order chi connectivity index (χ0) is 31.8. The van der Waals surface area contributed by atoms with Crippen molar-refractivity contribution < 1.29 is 49.8 Å². The van der Waals surface area contributed by atoms with Gasteiger partial charge in [-0.05, 0) is 66.9 Å². The highest BCUT2D eigenvalue weighted by atomic mass is 32.2. The van der Waals surface area contributed by atoms with Gasteiger partial charge < -0.3 is 20.1 Å². The van der Waals surface area contributed by atoms with Crippen molar-refractivity contribution in [3.8, 4) is 16.9 Å². The lowest BCUT2D eigenvalue weighted by Gasteiger charge is -2.36. The number of benzene rings is 3. The average molecular weight is 640 g/mol. The van der Waals surface area contributed by atoms with Crippen LogP contribution in [0.15, 0.2) is 65.6 Å². The second kappa shape index (κ2) is 11.9. The lowest BCUT2D eigenvalue weighted by molar-refractivity contribution is -0.143. The number of hydrogen-bond donors (Lipinski definition) is 2. The molecule has 0 radical (unpaired) electrons. The van der Waals surface area contributed by atoms with E-state index in [2.05, 4.69) is 5.32 Å². The highest BCUT2D eigenvalue weighted by molar-refractivity contribution is 7.92. The van der Waals surface area contributed by atoms with Crippen LogP contribution < -0.4 is 14.4 Å². The molecule has 3 aromatic carbocycles. The van der Waals surface area contributed by atoms with Gasteiger partial charge in [-0.2, -0.15) is 13.2 Å². The summed E-state index contributed by atoms with van der Waals surface area (Å²) in [6.07, 6.45) is -5.27. The van der Waals surface area contributed by atoms with Crippen LogP contribution in [-0.4, -0.2) is 62.7 Å². The van der Waals surface area contributed by atoms with E-state index in [1.54, 1.807) is 0 Å². The molecular formula is C29H26F5N3O6S. The predicted molar refractivity (Wildman–Crippen MR) is 148 cm³/mol. The number of halogens is 5. The van der Waals surface area contributed by atoms with Crippen molar-refractivity contribution >= 4 is 27.7 Å². The number of rotatable bonds is 6. The number of nitrogens with zero attached hydrogens (tertiary/aromatic N) is 2. The Bertz CT molecular complexity index is 1690. The predicted octanol–water partition coefficient (Wildman–Crippen LogP) is 5.11. The van der Waals surface area contributed by atoms with Crippen LogP contribution in [0.4, 0.5) is 32.4 Å². The van der Waals surface area contributed by atoms with Gasteiger partial charge >= 0.3 is 18.2 Å². The van der Waals surface area contributed by atoms with Crippen LogP contribution in [-0.2, 0) is 21.0 Å². The molecule has 234 valence electrons. The van der Waals surface area contributed by atoms with E-state index in [1.165, 1.54) is 23.1 Å². The Kier molecular flexibility index (Phi) is 8.42. The number of ether oxygens (including phenoxy) is 1. The van der Waals surface area contributed by atoms with Gasteiger partial charge in [-0.15, -0.1) is 0 Å². The summed E-state index contributed by atoms with van der Waals surface area (Å²) in [5, 5.41) is 11.8. The number of aliphatic carboxylic acids is 1. The van der Waals surface area contributed by atoms with Gasteiger partial charge in [0, 0.05) is 18.7 Å². The van der Waals surface area contributed by atoms with Gasteiger partial charge in [-0.25, -0.2) is 22.0 Å². The van der Waals surface area contributed by atoms with Crippen molar-refractivity contribution in [2.45, 2.75) is 30.0 Å². The topological polar surface area (TPSA) is 116 Å². The first-order chi connectivity index (χ1) is 20.7. The number of carboxylic acid groups (broad SMARTS) is 1. The summed E-state index contributed by atoms with van der Waals surface area (Å²) in [5.41, 5.74) is -1.39. The molecule has 0 unspecified atom stereocenters. The zero-order valence-electron chi connectivity index (χ0n) is 22.9. The third-order valence-electron chi connectivity index (χ3n) is 7.49. The minimum Gasteiger partial charge on any atom is -0.484 e. The molecule has 15 heteroatoms. The Balaban J connectivity index is 1.45. The summed E-state index contributed by atoms with van der Waals surface area (Å²) in [4.78, 5) is 24.7. The number of amides is 2. The first-order valence-corrected chi connectivity index (χ1v) is 14.9. The minimum atomic E-state index is -4.82. The Labute approximate surface area is 248 Å². The SMILES string of the molecule is O=C(O)C1CCN(C(=O)NC[C@H]2CN(S(=O)(=O)c3cccc(C(F)(F)F)c3)c3cc(-c4cc(F)ccc4F)ccc3O2)CC1. The number of fused-ring (bicyclic) bond motifs is 1. The maximum atomic E-state index is 14.6. The number of likely N-dealkylation sites (tertiary alicyclic amines) is 1. The van der Waals surface area contributed by atoms with Gasteiger partial charge in [0.25, 0.3) is 10.0 Å². The quantitative estimate of drug-likeness (QED) is 0.362. The molecule has 2 amide bonds. The smallest absolute Gasteiger partial charge is 0.416 e. The van der Waals surface area contributed by atoms with Crippen molar-refractivity contribution in [2.75, 3.05) is 30.5 Å². The van der Waals surface area contributed by atoms with Crippen LogP contribution in [0, 0.1) is 17.6 Å². The van der Waals surface area contributed by atoms with Gasteiger partial charge in [-0.1, -0.05) is 12.1 Å². The van der Waals surface area contributed by atoms with E-state index in [0.717, 1.165) is 40.7 Å². The van der Waals surface area contributed by atoms with Crippen LogP contribution in [0.5, 0.6) is 5.75 Å². The Morgan fingerprint density at radius 3 is 2.41 bits per heavy atom. The molecule has 9 nitrogen and oxygen atoms in total. The molecule has 0 bridgehead atoms. The minimum absolute atomic E-state index is 0.0196. The summed E-state index contributed by atoms with van der Waals surface area (Å²) >= 11 is 0. The molecular weight excluding hydrogens is 613 g/mol. The number of carboxylic acids is 1. The van der Waals surface area contributed by atoms with E-state index in [4.69, 9.17) is 4.74 Å². The maximum absolute atomic E-state index is 14.6. The van der Waals surface area contributed by atoms with E-state index < -0.39 is 68.9 Å². The van der Waals surface area contributed by atoms with Crippen LogP contribution in [0.25, 0.3) is 11.1 Å². The first kappa shape index (κ1) is 31.0. The lowest BCUT2D eigenvalue weighted by Crippen LogP contribution is -2.51. The van der Waals surface area contributed by atoms with Gasteiger partial charge in [0.15, 0.2) is 0 Å². The molecule has 3 aromatic rings. The summed E-state index contributed by atoms with van der Waals surface area (Å²) in [5.74, 6) is -3.05. The van der Waals surface area contributed by atoms with Crippen LogP contribution in [0.1, 0.15) is 18.4 Å². The summed E-state index contributed by atoms with van der Waals surface area (Å²) in [7, 11) is -4.67. The molecule has 1 atom stereocenters. The van der Waals surface area contributed by atoms with Crippen LogP contribution in [0.2, 0.25) is 0 Å². The summed E-state index contributed by atoms with van der Waals surface area (Å²) in [6, 6.07) is 9.35. The van der Waals surface area contributed by atoms with E-state index in [1.807, 2.05) is 0 Å². The van der Waals surface area contributed by atoms with E-state index in [0.29, 0.717) is 6.07 Å². The number of anilines is 1. The number of carbonyl (C=O) groups is 2. The zero-order valence-corrected chi connectivity index (χ0v) is 23.7. The summed E-state index contributed by atoms with van der Waals surface area (Å²) < 4.78 is 103. The largest absolute Gasteiger partial charge is 0.484 e. The molecule has 2 aliphatic rings. The van der Waals surface area contributed by atoms with Gasteiger partial charge in [0.1, 0.15) is 23.5 Å². The number of urea groups is 1. The van der Waals surface area contributed by atoms with E-state index in [-0.39, 0.29) is 55.0 Å². The molecule has 0 aromatic heterocycles. The highest BCUT2D eigenvalue weighted by Crippen LogP contribution is 2.41. The number of carbonyl (C=O) groups excluding carboxylic acids is 1. The molecule has 44 heavy (non-hydrogen) atoms. The Hall–Kier alpha value is -4.40. The number of sulfonamides is 1. The fraction of sp³-hybridized carbons (Fsp3) is 0.310. The summed E-state index contributed by atoms with van der Waals surface area (Å²) in [6.45, 7) is -0.243. The van der Waals surface area contributed by atoms with Crippen molar-refractivity contribution in [3.05, 3.63) is 77.9 Å². The number of alkyl halides is 3. The monoisotopic (exact) mass is 639 g/mol. The fourth-order valence-corrected chi connectivity index (χ4v) is 6.68. The van der Waals surface area contributed by atoms with Gasteiger partial charge in [0.05, 0.1) is 35.2 Å². The van der Waals surface area contributed by atoms with E-state index in [9.17, 15) is 45.1 Å². The van der Waals surface area contributed by atoms with Crippen molar-refractivity contribution in [2.24, 2.45) is 5.92 Å². The third kappa shape index (κ3) is 6.42. The Morgan fingerprint density at radius 1 is 1.00 bits per heavy atom. The molecule has 2 N–H and O–H groups in total. The second-order valence-corrected chi connectivity index (χ2v) is 12.3. The molecule has 1 fully saturated rings. The van der Waals surface area contributed by atoms with Crippen molar-refractivity contribution in [3.63, 3.8) is 0 Å². The molecule has 2 heterocycles. The number of hydrogen-bond acceptors (Lipinski definition) is 5. The average Bonchev–Trinajstić information content (AvgIpc) is 3.00. The molecule has 1 saturated heterocycles. The molecule has 0 spiro atoms. The van der Waals surface area contributed by atoms with E-state index >= 15 is 0 Å². The lowest BCUT2D eigenvalue weighted by atomic mass is 9.97. The molecule has 5 rings (SSSR count). The number of nitrogens with one attached hydrogen (secondary N) is 1. The van der Waals surface area contributed by atoms with Crippen LogP contribution >= 0.6 is 0 Å². The standard InChI is InChI=1S/C29H26F5N3O6S/c30-20-5-6-24(31)23(14-20)18-4-7-26-25(12-18)37(44(41,42)22-3-1-2-19(13-22)29(32,33)34)16-21(43-26)15-35-28(40)36-10-8-17(9-11-36)27(38)39/h1-7,12-14,17,21H,8-11,15-16H2,(H,35,40)(H,38,39)/t21-/m0/s1. The highest BCUT2D eigenvalue weighted by Gasteiger charge is 2.38. The normalized spacial score (nSPS) is 17.5. The fourth-order valence-electron chi connectivity index (χ4n) is 5.13. The molecule has 0 saturated carbocycles. The molecule has 0 aliphatic carbocycles. The van der Waals surface area contributed by atoms with Crippen molar-refractivity contribution in [1.82, 2.24) is 10.2 Å². The van der Waals surface area contributed by atoms with Gasteiger partial charge in [0.2, 0.25) is 0 Å². The van der Waals surface area contributed by atoms with Crippen molar-refractivity contribution in [1.29, 1.82) is 0 Å². The third-order valence-corrected chi connectivity index (χ3v) is 9.27. The molecule has 2 aliphatic heterocycles. The van der Waals surface area contributed by atoms with Gasteiger partial charge in [-0.3, -0.25) is 9.10 Å².